The van der Waals surface area contributed by atoms with Crippen LogP contribution >= 0.6 is 0 Å². The zero-order chi connectivity index (χ0) is 14.5. The Morgan fingerprint density at radius 2 is 1.90 bits per heavy atom. The Kier molecular flexibility index (Phi) is 4.28. The highest BCUT2D eigenvalue weighted by Gasteiger charge is 2.12. The van der Waals surface area contributed by atoms with Gasteiger partial charge in [-0.05, 0) is 25.3 Å². The van der Waals surface area contributed by atoms with Crippen molar-refractivity contribution in [1.29, 1.82) is 0 Å². The number of anilines is 2. The maximum Gasteiger partial charge on any atom is 0.134 e. The molecule has 3 rings (SSSR count). The Bertz CT molecular complexity index is 596. The SMILES string of the molecule is Fc1ccccc1CNc1cc(N2CCCCC2)ncn1. The highest BCUT2D eigenvalue weighted by Crippen LogP contribution is 2.19. The second-order valence-corrected chi connectivity index (χ2v) is 5.25. The zero-order valence-electron chi connectivity index (χ0n) is 11.9. The van der Waals surface area contributed by atoms with Gasteiger partial charge in [-0.3, -0.25) is 0 Å². The summed E-state index contributed by atoms with van der Waals surface area (Å²) in [7, 11) is 0. The molecule has 0 unspecified atom stereocenters. The van der Waals surface area contributed by atoms with E-state index in [0.29, 0.717) is 12.1 Å². The molecule has 5 heteroatoms. The standard InChI is InChI=1S/C16H19FN4/c17-14-7-3-2-6-13(14)11-18-15-10-16(20-12-19-15)21-8-4-1-5-9-21/h2-3,6-7,10,12H,1,4-5,8-9,11H2,(H,18,19,20). The third-order valence-electron chi connectivity index (χ3n) is 3.75. The number of hydrogen-bond donors (Lipinski definition) is 1. The Morgan fingerprint density at radius 3 is 2.71 bits per heavy atom. The number of hydrogen-bond acceptors (Lipinski definition) is 4. The van der Waals surface area contributed by atoms with Crippen molar-refractivity contribution in [3.63, 3.8) is 0 Å². The van der Waals surface area contributed by atoms with Gasteiger partial charge in [0.2, 0.25) is 0 Å². The minimum atomic E-state index is -0.199. The maximum absolute atomic E-state index is 13.6. The maximum atomic E-state index is 13.6. The summed E-state index contributed by atoms with van der Waals surface area (Å²) in [5.74, 6) is 1.48. The first kappa shape index (κ1) is 13.8. The van der Waals surface area contributed by atoms with E-state index in [-0.39, 0.29) is 5.82 Å². The topological polar surface area (TPSA) is 41.0 Å². The van der Waals surface area contributed by atoms with Crippen LogP contribution < -0.4 is 10.2 Å². The molecule has 0 bridgehead atoms. The van der Waals surface area contributed by atoms with E-state index in [4.69, 9.17) is 0 Å². The fourth-order valence-corrected chi connectivity index (χ4v) is 2.57. The summed E-state index contributed by atoms with van der Waals surface area (Å²) in [6, 6.07) is 8.70. The Balaban J connectivity index is 1.67. The van der Waals surface area contributed by atoms with E-state index < -0.39 is 0 Å². The first-order valence-electron chi connectivity index (χ1n) is 7.37. The van der Waals surface area contributed by atoms with Crippen LogP contribution in [0.15, 0.2) is 36.7 Å². The number of piperidine rings is 1. The molecule has 1 aromatic heterocycles. The molecule has 0 amide bonds. The van der Waals surface area contributed by atoms with E-state index in [1.807, 2.05) is 12.1 Å². The average molecular weight is 286 g/mol. The highest BCUT2D eigenvalue weighted by molar-refractivity contribution is 5.48. The van der Waals surface area contributed by atoms with Crippen LogP contribution in [-0.2, 0) is 6.54 Å². The molecule has 4 nitrogen and oxygen atoms in total. The number of halogens is 1. The van der Waals surface area contributed by atoms with Gasteiger partial charge in [0.1, 0.15) is 23.8 Å². The smallest absolute Gasteiger partial charge is 0.134 e. The van der Waals surface area contributed by atoms with Gasteiger partial charge in [0.15, 0.2) is 0 Å². The van der Waals surface area contributed by atoms with Crippen molar-refractivity contribution in [2.45, 2.75) is 25.8 Å². The molecular weight excluding hydrogens is 267 g/mol. The second kappa shape index (κ2) is 6.52. The van der Waals surface area contributed by atoms with Gasteiger partial charge in [-0.1, -0.05) is 18.2 Å². The van der Waals surface area contributed by atoms with E-state index in [0.717, 1.165) is 24.7 Å². The van der Waals surface area contributed by atoms with Gasteiger partial charge in [0.25, 0.3) is 0 Å². The number of rotatable bonds is 4. The molecular formula is C16H19FN4. The molecule has 1 saturated heterocycles. The lowest BCUT2D eigenvalue weighted by Crippen LogP contribution is -2.30. The molecule has 2 aromatic rings. The van der Waals surface area contributed by atoms with Gasteiger partial charge < -0.3 is 10.2 Å². The molecule has 1 N–H and O–H groups in total. The summed E-state index contributed by atoms with van der Waals surface area (Å²) < 4.78 is 13.6. The van der Waals surface area contributed by atoms with Gasteiger partial charge in [-0.25, -0.2) is 14.4 Å². The van der Waals surface area contributed by atoms with Crippen molar-refractivity contribution in [2.75, 3.05) is 23.3 Å². The Labute approximate surface area is 124 Å². The van der Waals surface area contributed by atoms with E-state index >= 15 is 0 Å². The molecule has 1 aliphatic heterocycles. The molecule has 1 aromatic carbocycles. The second-order valence-electron chi connectivity index (χ2n) is 5.25. The summed E-state index contributed by atoms with van der Waals surface area (Å²) in [4.78, 5) is 10.8. The normalized spacial score (nSPS) is 15.0. The Hall–Kier alpha value is -2.17. The lowest BCUT2D eigenvalue weighted by atomic mass is 10.1. The summed E-state index contributed by atoms with van der Waals surface area (Å²) >= 11 is 0. The Morgan fingerprint density at radius 1 is 1.10 bits per heavy atom. The predicted octanol–water partition coefficient (Wildman–Crippen LogP) is 3.22. The first-order valence-corrected chi connectivity index (χ1v) is 7.37. The lowest BCUT2D eigenvalue weighted by molar-refractivity contribution is 0.573. The number of benzene rings is 1. The monoisotopic (exact) mass is 286 g/mol. The molecule has 0 spiro atoms. The fraction of sp³-hybridized carbons (Fsp3) is 0.375. The van der Waals surface area contributed by atoms with Crippen LogP contribution in [0.25, 0.3) is 0 Å². The van der Waals surface area contributed by atoms with Crippen LogP contribution in [0.1, 0.15) is 24.8 Å². The highest BCUT2D eigenvalue weighted by atomic mass is 19.1. The molecule has 1 aliphatic rings. The third-order valence-corrected chi connectivity index (χ3v) is 3.75. The van der Waals surface area contributed by atoms with Crippen molar-refractivity contribution in [2.24, 2.45) is 0 Å². The lowest BCUT2D eigenvalue weighted by Gasteiger charge is -2.27. The largest absolute Gasteiger partial charge is 0.366 e. The van der Waals surface area contributed by atoms with E-state index in [2.05, 4.69) is 20.2 Å². The molecule has 0 radical (unpaired) electrons. The minimum absolute atomic E-state index is 0.199. The summed E-state index contributed by atoms with van der Waals surface area (Å²) in [6.45, 7) is 2.51. The molecule has 0 aliphatic carbocycles. The number of aromatic nitrogens is 2. The van der Waals surface area contributed by atoms with Gasteiger partial charge in [-0.2, -0.15) is 0 Å². The van der Waals surface area contributed by atoms with Crippen molar-refractivity contribution in [3.8, 4) is 0 Å². The molecule has 21 heavy (non-hydrogen) atoms. The minimum Gasteiger partial charge on any atom is -0.366 e. The third kappa shape index (κ3) is 3.48. The quantitative estimate of drug-likeness (QED) is 0.937. The van der Waals surface area contributed by atoms with Crippen LogP contribution in [-0.4, -0.2) is 23.1 Å². The predicted molar refractivity (Wildman–Crippen MR) is 81.8 cm³/mol. The molecule has 1 fully saturated rings. The van der Waals surface area contributed by atoms with Crippen molar-refractivity contribution < 1.29 is 4.39 Å². The van der Waals surface area contributed by atoms with Crippen molar-refractivity contribution in [1.82, 2.24) is 9.97 Å². The van der Waals surface area contributed by atoms with Gasteiger partial charge in [0.05, 0.1) is 0 Å². The van der Waals surface area contributed by atoms with Gasteiger partial charge >= 0.3 is 0 Å². The van der Waals surface area contributed by atoms with Gasteiger partial charge in [-0.15, -0.1) is 0 Å². The first-order chi connectivity index (χ1) is 10.3. The van der Waals surface area contributed by atoms with E-state index in [1.165, 1.54) is 25.3 Å². The molecule has 0 saturated carbocycles. The fourth-order valence-electron chi connectivity index (χ4n) is 2.57. The van der Waals surface area contributed by atoms with Crippen LogP contribution in [0.5, 0.6) is 0 Å². The van der Waals surface area contributed by atoms with Crippen molar-refractivity contribution in [3.05, 3.63) is 48.0 Å². The van der Waals surface area contributed by atoms with Crippen LogP contribution in [0.4, 0.5) is 16.0 Å². The average Bonchev–Trinajstić information content (AvgIpc) is 2.55. The zero-order valence-corrected chi connectivity index (χ0v) is 11.9. The van der Waals surface area contributed by atoms with E-state index in [9.17, 15) is 4.39 Å². The molecule has 110 valence electrons. The van der Waals surface area contributed by atoms with E-state index in [1.54, 1.807) is 18.5 Å². The van der Waals surface area contributed by atoms with Gasteiger partial charge in [0, 0.05) is 31.3 Å². The van der Waals surface area contributed by atoms with Crippen LogP contribution in [0, 0.1) is 5.82 Å². The number of nitrogens with one attached hydrogen (secondary N) is 1. The van der Waals surface area contributed by atoms with Crippen LogP contribution in [0.3, 0.4) is 0 Å². The van der Waals surface area contributed by atoms with Crippen LogP contribution in [0.2, 0.25) is 0 Å². The summed E-state index contributed by atoms with van der Waals surface area (Å²) in [6.07, 6.45) is 5.28. The summed E-state index contributed by atoms with van der Waals surface area (Å²) in [5.41, 5.74) is 0.635. The molecule has 2 heterocycles. The van der Waals surface area contributed by atoms with Crippen molar-refractivity contribution >= 4 is 11.6 Å². The molecule has 0 atom stereocenters. The summed E-state index contributed by atoms with van der Waals surface area (Å²) in [5, 5.41) is 3.16. The number of nitrogens with zero attached hydrogens (tertiary/aromatic N) is 3.